The average molecular weight is 489 g/mol. The van der Waals surface area contributed by atoms with Crippen LogP contribution in [0.4, 0.5) is 0 Å². The maximum atomic E-state index is 13.0. The number of hydrogen-bond donors (Lipinski definition) is 0. The molecule has 2 aromatic carbocycles. The summed E-state index contributed by atoms with van der Waals surface area (Å²) in [4.78, 5) is 17.6. The van der Waals surface area contributed by atoms with E-state index < -0.39 is 0 Å². The summed E-state index contributed by atoms with van der Waals surface area (Å²) in [6.07, 6.45) is 1.62. The van der Waals surface area contributed by atoms with Crippen LogP contribution in [0.2, 0.25) is 5.02 Å². The van der Waals surface area contributed by atoms with E-state index >= 15 is 0 Å². The molecule has 0 aliphatic carbocycles. The Labute approximate surface area is 203 Å². The Kier molecular flexibility index (Phi) is 6.16. The van der Waals surface area contributed by atoms with Crippen molar-refractivity contribution in [3.63, 3.8) is 0 Å². The predicted octanol–water partition coefficient (Wildman–Crippen LogP) is 4.77. The van der Waals surface area contributed by atoms with Crippen molar-refractivity contribution in [1.29, 1.82) is 5.26 Å². The molecule has 0 fully saturated rings. The van der Waals surface area contributed by atoms with Crippen LogP contribution in [0.1, 0.15) is 11.6 Å². The molecule has 0 saturated carbocycles. The Balaban J connectivity index is 1.52. The summed E-state index contributed by atoms with van der Waals surface area (Å²) in [6.45, 7) is 0.345. The highest BCUT2D eigenvalue weighted by molar-refractivity contribution is 7.98. The Morgan fingerprint density at radius 2 is 1.85 bits per heavy atom. The normalized spacial score (nSPS) is 11.1. The van der Waals surface area contributed by atoms with Gasteiger partial charge in [0.2, 0.25) is 0 Å². The zero-order valence-corrected chi connectivity index (χ0v) is 19.3. The summed E-state index contributed by atoms with van der Waals surface area (Å²) in [6, 6.07) is 20.3. The topological polar surface area (TPSA) is 103 Å². The van der Waals surface area contributed by atoms with Gasteiger partial charge in [-0.05, 0) is 48.5 Å². The van der Waals surface area contributed by atoms with Crippen molar-refractivity contribution in [3.05, 3.63) is 93.9 Å². The lowest BCUT2D eigenvalue weighted by Gasteiger charge is -2.12. The fourth-order valence-electron chi connectivity index (χ4n) is 3.60. The molecule has 3 heterocycles. The molecule has 0 amide bonds. The van der Waals surface area contributed by atoms with Crippen molar-refractivity contribution in [3.8, 4) is 17.5 Å². The van der Waals surface area contributed by atoms with Gasteiger partial charge in [-0.2, -0.15) is 5.26 Å². The fourth-order valence-corrected chi connectivity index (χ4v) is 4.61. The molecule has 0 aliphatic rings. The van der Waals surface area contributed by atoms with E-state index in [-0.39, 0.29) is 12.1 Å². The molecule has 0 saturated heterocycles. The summed E-state index contributed by atoms with van der Waals surface area (Å²) in [5, 5.41) is 19.8. The molecular weight excluding hydrogens is 472 g/mol. The van der Waals surface area contributed by atoms with Crippen molar-refractivity contribution in [2.75, 3.05) is 0 Å². The quantitative estimate of drug-likeness (QED) is 0.304. The van der Waals surface area contributed by atoms with Crippen molar-refractivity contribution in [2.45, 2.75) is 24.0 Å². The molecular formula is C24H17ClN6O2S. The number of nitrogens with zero attached hydrogens (tertiary/aromatic N) is 6. The molecule has 0 atom stereocenters. The first-order valence-corrected chi connectivity index (χ1v) is 11.7. The highest BCUT2D eigenvalue weighted by atomic mass is 35.5. The third-order valence-electron chi connectivity index (χ3n) is 5.21. The maximum absolute atomic E-state index is 13.0. The van der Waals surface area contributed by atoms with Gasteiger partial charge in [-0.3, -0.25) is 13.9 Å². The summed E-state index contributed by atoms with van der Waals surface area (Å²) in [5.41, 5.74) is 1.22. The number of fused-ring (bicyclic) bond motifs is 1. The largest absolute Gasteiger partial charge is 0.467 e. The average Bonchev–Trinajstić information content (AvgIpc) is 3.51. The molecule has 0 spiro atoms. The smallest absolute Gasteiger partial charge is 0.262 e. The van der Waals surface area contributed by atoms with Gasteiger partial charge in [0.25, 0.3) is 5.56 Å². The second-order valence-electron chi connectivity index (χ2n) is 7.36. The molecule has 0 unspecified atom stereocenters. The molecule has 5 aromatic rings. The summed E-state index contributed by atoms with van der Waals surface area (Å²) >= 11 is 7.44. The van der Waals surface area contributed by atoms with Crippen LogP contribution in [0.15, 0.2) is 81.3 Å². The van der Waals surface area contributed by atoms with Crippen molar-refractivity contribution in [2.24, 2.45) is 0 Å². The first-order chi connectivity index (χ1) is 16.6. The third-order valence-corrected chi connectivity index (χ3v) is 6.43. The van der Waals surface area contributed by atoms with Gasteiger partial charge in [0.05, 0.1) is 35.5 Å². The zero-order valence-electron chi connectivity index (χ0n) is 17.8. The number of halogens is 1. The van der Waals surface area contributed by atoms with Crippen LogP contribution in [0.5, 0.6) is 0 Å². The third kappa shape index (κ3) is 4.33. The first kappa shape index (κ1) is 21.9. The van der Waals surface area contributed by atoms with Crippen LogP contribution < -0.4 is 5.56 Å². The number of furan rings is 1. The van der Waals surface area contributed by atoms with Gasteiger partial charge < -0.3 is 4.42 Å². The van der Waals surface area contributed by atoms with Crippen LogP contribution in [-0.2, 0) is 18.8 Å². The molecule has 10 heteroatoms. The Morgan fingerprint density at radius 3 is 2.62 bits per heavy atom. The lowest BCUT2D eigenvalue weighted by atomic mass is 10.2. The fraction of sp³-hybridized carbons (Fsp3) is 0.125. The first-order valence-electron chi connectivity index (χ1n) is 10.3. The molecule has 3 aromatic heterocycles. The minimum Gasteiger partial charge on any atom is -0.467 e. The summed E-state index contributed by atoms with van der Waals surface area (Å²) in [7, 11) is 0. The standard InChI is InChI=1S/C24H17ClN6O2S/c25-17-9-7-16(8-10-17)22-28-29-24(31(22)14-18-4-3-13-33-18)34-15-21-27-20-6-2-1-5-19(20)23(32)30(21)12-11-26/h1-10,13H,12,14-15H2. The van der Waals surface area contributed by atoms with Crippen molar-refractivity contribution >= 4 is 34.3 Å². The summed E-state index contributed by atoms with van der Waals surface area (Å²) < 4.78 is 8.90. The monoisotopic (exact) mass is 488 g/mol. The van der Waals surface area contributed by atoms with Gasteiger partial charge in [-0.25, -0.2) is 4.98 Å². The number of hydrogen-bond acceptors (Lipinski definition) is 7. The lowest BCUT2D eigenvalue weighted by Crippen LogP contribution is -2.24. The Bertz CT molecular complexity index is 1550. The number of nitriles is 1. The predicted molar refractivity (Wildman–Crippen MR) is 129 cm³/mol. The number of para-hydroxylation sites is 1. The molecule has 8 nitrogen and oxygen atoms in total. The van der Waals surface area contributed by atoms with E-state index in [1.165, 1.54) is 16.3 Å². The van der Waals surface area contributed by atoms with Gasteiger partial charge in [0, 0.05) is 10.6 Å². The van der Waals surface area contributed by atoms with E-state index in [1.807, 2.05) is 34.9 Å². The second kappa shape index (κ2) is 9.55. The molecule has 34 heavy (non-hydrogen) atoms. The van der Waals surface area contributed by atoms with Crippen LogP contribution in [0, 0.1) is 11.3 Å². The number of aromatic nitrogens is 5. The minimum atomic E-state index is -0.235. The van der Waals surface area contributed by atoms with Crippen molar-refractivity contribution < 1.29 is 4.42 Å². The van der Waals surface area contributed by atoms with Gasteiger partial charge in [-0.1, -0.05) is 35.5 Å². The number of rotatable bonds is 7. The highest BCUT2D eigenvalue weighted by Gasteiger charge is 2.18. The number of thioether (sulfide) groups is 1. The molecule has 5 rings (SSSR count). The van der Waals surface area contributed by atoms with E-state index in [0.29, 0.717) is 45.0 Å². The van der Waals surface area contributed by atoms with E-state index in [9.17, 15) is 10.1 Å². The van der Waals surface area contributed by atoms with Gasteiger partial charge in [-0.15, -0.1) is 10.2 Å². The lowest BCUT2D eigenvalue weighted by molar-refractivity contribution is 0.485. The van der Waals surface area contributed by atoms with Crippen LogP contribution in [0.25, 0.3) is 22.3 Å². The van der Waals surface area contributed by atoms with Gasteiger partial charge in [0.15, 0.2) is 11.0 Å². The zero-order chi connectivity index (χ0) is 23.5. The van der Waals surface area contributed by atoms with Crippen LogP contribution >= 0.6 is 23.4 Å². The molecule has 0 N–H and O–H groups in total. The van der Waals surface area contributed by atoms with Crippen LogP contribution in [-0.4, -0.2) is 24.3 Å². The second-order valence-corrected chi connectivity index (χ2v) is 8.74. The van der Waals surface area contributed by atoms with Crippen molar-refractivity contribution in [1.82, 2.24) is 24.3 Å². The van der Waals surface area contributed by atoms with E-state index in [1.54, 1.807) is 36.6 Å². The molecule has 0 bridgehead atoms. The van der Waals surface area contributed by atoms with Crippen LogP contribution in [0.3, 0.4) is 0 Å². The molecule has 0 aliphatic heterocycles. The van der Waals surface area contributed by atoms with E-state index in [0.717, 1.165) is 11.3 Å². The van der Waals surface area contributed by atoms with Gasteiger partial charge in [0.1, 0.15) is 18.1 Å². The number of benzene rings is 2. The summed E-state index contributed by atoms with van der Waals surface area (Å²) in [5.74, 6) is 2.24. The highest BCUT2D eigenvalue weighted by Crippen LogP contribution is 2.28. The SMILES string of the molecule is N#CCn1c(CSc2nnc(-c3ccc(Cl)cc3)n2Cc2ccco2)nc2ccccc2c1=O. The molecule has 0 radical (unpaired) electrons. The Morgan fingerprint density at radius 1 is 1.03 bits per heavy atom. The molecule has 168 valence electrons. The Hall–Kier alpha value is -3.87. The minimum absolute atomic E-state index is 0.0817. The van der Waals surface area contributed by atoms with E-state index in [2.05, 4.69) is 21.3 Å². The van der Waals surface area contributed by atoms with Gasteiger partial charge >= 0.3 is 0 Å². The van der Waals surface area contributed by atoms with E-state index in [4.69, 9.17) is 16.0 Å². The maximum Gasteiger partial charge on any atom is 0.262 e.